The van der Waals surface area contributed by atoms with Crippen molar-refractivity contribution in [1.82, 2.24) is 24.6 Å². The topological polar surface area (TPSA) is 99.3 Å². The second-order valence-corrected chi connectivity index (χ2v) is 8.34. The minimum Gasteiger partial charge on any atom is -0.329 e. The highest BCUT2D eigenvalue weighted by Gasteiger charge is 2.39. The fourth-order valence-corrected chi connectivity index (χ4v) is 4.77. The SMILES string of the molecule is Cc1ccc(S(=O)(=O)N2C[C@@H](C)N(C(=O)c3cn[nH]n3)[C@@H](C)C2)cc1. The number of aromatic amines is 1. The summed E-state index contributed by atoms with van der Waals surface area (Å²) in [6.07, 6.45) is 1.37. The first-order valence-electron chi connectivity index (χ1n) is 8.06. The van der Waals surface area contributed by atoms with Crippen LogP contribution in [0.25, 0.3) is 0 Å². The smallest absolute Gasteiger partial charge is 0.276 e. The van der Waals surface area contributed by atoms with E-state index >= 15 is 0 Å². The number of hydrogen-bond donors (Lipinski definition) is 1. The molecule has 2 heterocycles. The molecule has 2 atom stereocenters. The van der Waals surface area contributed by atoms with Crippen LogP contribution in [-0.4, -0.2) is 64.1 Å². The lowest BCUT2D eigenvalue weighted by molar-refractivity contribution is 0.0434. The molecule has 3 rings (SSSR count). The number of aryl methyl sites for hydroxylation is 1. The summed E-state index contributed by atoms with van der Waals surface area (Å²) >= 11 is 0. The largest absolute Gasteiger partial charge is 0.329 e. The minimum atomic E-state index is -3.59. The molecule has 1 fully saturated rings. The van der Waals surface area contributed by atoms with Crippen molar-refractivity contribution in [1.29, 1.82) is 0 Å². The molecular weight excluding hydrogens is 342 g/mol. The maximum Gasteiger partial charge on any atom is 0.276 e. The molecule has 25 heavy (non-hydrogen) atoms. The average Bonchev–Trinajstić information content (AvgIpc) is 3.09. The number of sulfonamides is 1. The van der Waals surface area contributed by atoms with Crippen LogP contribution in [0.3, 0.4) is 0 Å². The van der Waals surface area contributed by atoms with Gasteiger partial charge >= 0.3 is 0 Å². The van der Waals surface area contributed by atoms with E-state index in [1.54, 1.807) is 29.2 Å². The lowest BCUT2D eigenvalue weighted by atomic mass is 10.1. The van der Waals surface area contributed by atoms with Crippen LogP contribution in [0, 0.1) is 6.92 Å². The van der Waals surface area contributed by atoms with Crippen LogP contribution in [0.4, 0.5) is 0 Å². The molecule has 1 aliphatic heterocycles. The predicted octanol–water partition coefficient (Wildman–Crippen LogP) is 1.04. The third-order valence-electron chi connectivity index (χ3n) is 4.41. The lowest BCUT2D eigenvalue weighted by Crippen LogP contribution is -2.59. The van der Waals surface area contributed by atoms with Crippen LogP contribution < -0.4 is 0 Å². The molecule has 0 unspecified atom stereocenters. The summed E-state index contributed by atoms with van der Waals surface area (Å²) in [6.45, 7) is 6.07. The molecule has 134 valence electrons. The van der Waals surface area contributed by atoms with Gasteiger partial charge in [0.25, 0.3) is 5.91 Å². The number of nitrogens with zero attached hydrogens (tertiary/aromatic N) is 4. The Morgan fingerprint density at radius 2 is 1.76 bits per heavy atom. The van der Waals surface area contributed by atoms with Crippen LogP contribution >= 0.6 is 0 Å². The zero-order valence-corrected chi connectivity index (χ0v) is 15.2. The Kier molecular flexibility index (Phi) is 4.61. The van der Waals surface area contributed by atoms with Gasteiger partial charge in [0.15, 0.2) is 5.69 Å². The van der Waals surface area contributed by atoms with E-state index < -0.39 is 10.0 Å². The van der Waals surface area contributed by atoms with Crippen LogP contribution in [0.15, 0.2) is 35.4 Å². The fraction of sp³-hybridized carbons (Fsp3) is 0.438. The summed E-state index contributed by atoms with van der Waals surface area (Å²) in [5.41, 5.74) is 1.23. The van der Waals surface area contributed by atoms with Crippen molar-refractivity contribution in [2.75, 3.05) is 13.1 Å². The summed E-state index contributed by atoms with van der Waals surface area (Å²) in [7, 11) is -3.59. The first kappa shape index (κ1) is 17.6. The van der Waals surface area contributed by atoms with E-state index in [4.69, 9.17) is 0 Å². The zero-order chi connectivity index (χ0) is 18.2. The molecule has 1 aromatic heterocycles. The number of aromatic nitrogens is 3. The van der Waals surface area contributed by atoms with Gasteiger partial charge in [0.1, 0.15) is 0 Å². The zero-order valence-electron chi connectivity index (χ0n) is 14.4. The van der Waals surface area contributed by atoms with Crippen molar-refractivity contribution in [3.05, 3.63) is 41.7 Å². The number of nitrogens with one attached hydrogen (secondary N) is 1. The Balaban J connectivity index is 1.82. The van der Waals surface area contributed by atoms with Crippen LogP contribution in [0.1, 0.15) is 29.9 Å². The average molecular weight is 363 g/mol. The van der Waals surface area contributed by atoms with E-state index in [2.05, 4.69) is 15.4 Å². The number of carbonyl (C=O) groups is 1. The number of benzene rings is 1. The number of carbonyl (C=O) groups excluding carboxylic acids is 1. The third-order valence-corrected chi connectivity index (χ3v) is 6.26. The van der Waals surface area contributed by atoms with Crippen LogP contribution in [0.2, 0.25) is 0 Å². The number of rotatable bonds is 3. The van der Waals surface area contributed by atoms with Crippen LogP contribution in [0.5, 0.6) is 0 Å². The molecule has 1 aromatic carbocycles. The second kappa shape index (κ2) is 6.57. The minimum absolute atomic E-state index is 0.230. The highest BCUT2D eigenvalue weighted by atomic mass is 32.2. The summed E-state index contributed by atoms with van der Waals surface area (Å²) in [5.74, 6) is -0.249. The standard InChI is InChI=1S/C16H21N5O3S/c1-11-4-6-14(7-5-11)25(23,24)20-9-12(2)21(13(3)10-20)16(22)15-8-17-19-18-15/h4-8,12-13H,9-10H2,1-3H3,(H,17,18,19)/t12-,13+. The number of amides is 1. The molecule has 0 bridgehead atoms. The van der Waals surface area contributed by atoms with E-state index in [1.807, 2.05) is 20.8 Å². The van der Waals surface area contributed by atoms with E-state index in [0.717, 1.165) is 5.56 Å². The summed E-state index contributed by atoms with van der Waals surface area (Å²) in [6, 6.07) is 6.26. The number of H-pyrrole nitrogens is 1. The Morgan fingerprint density at radius 1 is 1.16 bits per heavy atom. The highest BCUT2D eigenvalue weighted by Crippen LogP contribution is 2.24. The van der Waals surface area contributed by atoms with Crippen molar-refractivity contribution < 1.29 is 13.2 Å². The van der Waals surface area contributed by atoms with Gasteiger partial charge in [-0.1, -0.05) is 17.7 Å². The summed E-state index contributed by atoms with van der Waals surface area (Å²) in [4.78, 5) is 14.5. The lowest BCUT2D eigenvalue weighted by Gasteiger charge is -2.43. The van der Waals surface area contributed by atoms with E-state index in [1.165, 1.54) is 10.5 Å². The molecule has 1 aliphatic rings. The Labute approximate surface area is 146 Å². The fourth-order valence-electron chi connectivity index (χ4n) is 3.17. The molecule has 0 aliphatic carbocycles. The van der Waals surface area contributed by atoms with Gasteiger partial charge in [-0.25, -0.2) is 8.42 Å². The summed E-state index contributed by atoms with van der Waals surface area (Å²) < 4.78 is 27.2. The monoisotopic (exact) mass is 363 g/mol. The van der Waals surface area contributed by atoms with Gasteiger partial charge in [-0.15, -0.1) is 0 Å². The highest BCUT2D eigenvalue weighted by molar-refractivity contribution is 7.89. The van der Waals surface area contributed by atoms with Gasteiger partial charge in [-0.2, -0.15) is 19.7 Å². The number of hydrogen-bond acceptors (Lipinski definition) is 5. The van der Waals surface area contributed by atoms with Crippen molar-refractivity contribution in [2.45, 2.75) is 37.8 Å². The molecule has 1 N–H and O–H groups in total. The predicted molar refractivity (Wildman–Crippen MR) is 91.4 cm³/mol. The quantitative estimate of drug-likeness (QED) is 0.878. The first-order valence-corrected chi connectivity index (χ1v) is 9.50. The molecule has 0 radical (unpaired) electrons. The van der Waals surface area contributed by atoms with E-state index in [0.29, 0.717) is 0 Å². The molecular formula is C16H21N5O3S. The van der Waals surface area contributed by atoms with Crippen molar-refractivity contribution in [2.24, 2.45) is 0 Å². The van der Waals surface area contributed by atoms with Gasteiger partial charge < -0.3 is 4.90 Å². The van der Waals surface area contributed by atoms with Crippen molar-refractivity contribution >= 4 is 15.9 Å². The van der Waals surface area contributed by atoms with Crippen LogP contribution in [-0.2, 0) is 10.0 Å². The molecule has 1 amide bonds. The van der Waals surface area contributed by atoms with Gasteiger partial charge in [-0.3, -0.25) is 4.79 Å². The van der Waals surface area contributed by atoms with Gasteiger partial charge in [0, 0.05) is 25.2 Å². The van der Waals surface area contributed by atoms with Crippen molar-refractivity contribution in [3.63, 3.8) is 0 Å². The maximum absolute atomic E-state index is 12.9. The van der Waals surface area contributed by atoms with Gasteiger partial charge in [-0.05, 0) is 32.9 Å². The van der Waals surface area contributed by atoms with Gasteiger partial charge in [0.05, 0.1) is 11.1 Å². The van der Waals surface area contributed by atoms with E-state index in [9.17, 15) is 13.2 Å². The van der Waals surface area contributed by atoms with Gasteiger partial charge in [0.2, 0.25) is 10.0 Å². The van der Waals surface area contributed by atoms with E-state index in [-0.39, 0.29) is 41.7 Å². The normalized spacial score (nSPS) is 22.1. The van der Waals surface area contributed by atoms with Crippen molar-refractivity contribution in [3.8, 4) is 0 Å². The Morgan fingerprint density at radius 3 is 2.28 bits per heavy atom. The maximum atomic E-state index is 12.9. The molecule has 0 saturated carbocycles. The number of piperazine rings is 1. The Bertz CT molecular complexity index is 836. The molecule has 1 saturated heterocycles. The molecule has 2 aromatic rings. The first-order chi connectivity index (χ1) is 11.8. The second-order valence-electron chi connectivity index (χ2n) is 6.40. The molecule has 8 nitrogen and oxygen atoms in total. The summed E-state index contributed by atoms with van der Waals surface area (Å²) in [5, 5.41) is 9.91. The molecule has 9 heteroatoms. The molecule has 0 spiro atoms. The third kappa shape index (κ3) is 3.29. The Hall–Kier alpha value is -2.26.